The molecule has 3 atom stereocenters. The first kappa shape index (κ1) is 22.7. The summed E-state index contributed by atoms with van der Waals surface area (Å²) in [7, 11) is 0. The number of amidine groups is 1. The summed E-state index contributed by atoms with van der Waals surface area (Å²) in [6.45, 7) is 3.05. The first-order chi connectivity index (χ1) is 15.6. The van der Waals surface area contributed by atoms with Crippen LogP contribution in [-0.4, -0.2) is 38.2 Å². The van der Waals surface area contributed by atoms with Gasteiger partial charge in [0.2, 0.25) is 5.88 Å². The summed E-state index contributed by atoms with van der Waals surface area (Å²) in [5.41, 5.74) is 4.49. The Morgan fingerprint density at radius 2 is 2.12 bits per heavy atom. The molecule has 170 valence electrons. The number of Topliss-reactive ketones (excluding diaryl/α,β-unsaturated/α-hetero) is 1. The van der Waals surface area contributed by atoms with E-state index in [0.717, 1.165) is 24.0 Å². The van der Waals surface area contributed by atoms with E-state index in [1.165, 1.54) is 19.2 Å². The van der Waals surface area contributed by atoms with Crippen LogP contribution >= 0.6 is 11.8 Å². The maximum absolute atomic E-state index is 14.9. The van der Waals surface area contributed by atoms with Crippen LogP contribution in [-0.2, 0) is 10.3 Å². The number of terminal acetylenes is 1. The van der Waals surface area contributed by atoms with Gasteiger partial charge in [0, 0.05) is 23.2 Å². The molecule has 2 aliphatic rings. The molecule has 4 rings (SSSR count). The van der Waals surface area contributed by atoms with Gasteiger partial charge in [-0.05, 0) is 26.3 Å². The maximum atomic E-state index is 14.9. The molecule has 3 N–H and O–H groups in total. The van der Waals surface area contributed by atoms with Crippen molar-refractivity contribution in [3.05, 3.63) is 47.4 Å². The molecule has 2 heterocycles. The molecular weight excluding hydrogens is 452 g/mol. The van der Waals surface area contributed by atoms with Gasteiger partial charge in [0.1, 0.15) is 11.5 Å². The van der Waals surface area contributed by atoms with E-state index < -0.39 is 27.8 Å². The van der Waals surface area contributed by atoms with Crippen molar-refractivity contribution in [2.24, 2.45) is 16.6 Å². The number of fused-ring (bicyclic) bond motifs is 1. The summed E-state index contributed by atoms with van der Waals surface area (Å²) in [5.74, 6) is -1.02. The first-order valence-electron chi connectivity index (χ1n) is 9.85. The van der Waals surface area contributed by atoms with Crippen LogP contribution in [0.25, 0.3) is 0 Å². The molecule has 1 fully saturated rings. The normalized spacial score (nSPS) is 25.3. The quantitative estimate of drug-likeness (QED) is 0.622. The number of carbonyl (C=O) groups is 2. The van der Waals surface area contributed by atoms with Crippen LogP contribution in [0.5, 0.6) is 5.88 Å². The number of benzene rings is 1. The van der Waals surface area contributed by atoms with Crippen molar-refractivity contribution in [2.45, 2.75) is 30.6 Å². The summed E-state index contributed by atoms with van der Waals surface area (Å²) in [4.78, 5) is 37.1. The van der Waals surface area contributed by atoms with Crippen molar-refractivity contribution in [1.82, 2.24) is 9.97 Å². The van der Waals surface area contributed by atoms with E-state index >= 15 is 0 Å². The number of nitrogens with two attached hydrogens (primary N) is 1. The second kappa shape index (κ2) is 8.12. The molecule has 0 spiro atoms. The highest BCUT2D eigenvalue weighted by molar-refractivity contribution is 8.15. The van der Waals surface area contributed by atoms with Crippen molar-refractivity contribution in [1.29, 1.82) is 0 Å². The second-order valence-corrected chi connectivity index (χ2v) is 9.26. The monoisotopic (exact) mass is 471 g/mol. The van der Waals surface area contributed by atoms with Crippen LogP contribution in [0.1, 0.15) is 36.3 Å². The Bertz CT molecular complexity index is 1230. The van der Waals surface area contributed by atoms with Gasteiger partial charge in [-0.15, -0.1) is 6.42 Å². The van der Waals surface area contributed by atoms with Gasteiger partial charge < -0.3 is 15.8 Å². The number of hydrogen-bond acceptors (Lipinski definition) is 8. The predicted molar refractivity (Wildman–Crippen MR) is 119 cm³/mol. The SMILES string of the molecule is C#CCOc1cnc(C(=O)Nc2cc(F)c(F)c([C@@]3(C)N=C(N)S[C@@]4(C(C)=O)C[C@H]43)c2)cn1. The van der Waals surface area contributed by atoms with Gasteiger partial charge >= 0.3 is 0 Å². The Hall–Kier alpha value is -3.52. The summed E-state index contributed by atoms with van der Waals surface area (Å²) in [5, 5.41) is 2.61. The zero-order chi connectivity index (χ0) is 24.0. The van der Waals surface area contributed by atoms with Crippen LogP contribution in [0.4, 0.5) is 14.5 Å². The minimum Gasteiger partial charge on any atom is -0.463 e. The Morgan fingerprint density at radius 1 is 1.36 bits per heavy atom. The lowest BCUT2D eigenvalue weighted by Crippen LogP contribution is -2.39. The highest BCUT2D eigenvalue weighted by Gasteiger charge is 2.69. The van der Waals surface area contributed by atoms with E-state index in [1.54, 1.807) is 6.92 Å². The molecule has 1 aromatic carbocycles. The molecule has 33 heavy (non-hydrogen) atoms. The molecule has 8 nitrogen and oxygen atoms in total. The van der Waals surface area contributed by atoms with Crippen LogP contribution in [0.2, 0.25) is 0 Å². The average molecular weight is 471 g/mol. The van der Waals surface area contributed by atoms with Crippen molar-refractivity contribution < 1.29 is 23.1 Å². The van der Waals surface area contributed by atoms with Crippen LogP contribution < -0.4 is 15.8 Å². The van der Waals surface area contributed by atoms with Gasteiger partial charge in [-0.1, -0.05) is 17.7 Å². The van der Waals surface area contributed by atoms with E-state index in [9.17, 15) is 18.4 Å². The summed E-state index contributed by atoms with van der Waals surface area (Å²) >= 11 is 1.15. The number of ketones is 1. The third kappa shape index (κ3) is 3.91. The highest BCUT2D eigenvalue weighted by atomic mass is 32.2. The van der Waals surface area contributed by atoms with E-state index in [2.05, 4.69) is 26.2 Å². The number of hydrogen-bond donors (Lipinski definition) is 2. The van der Waals surface area contributed by atoms with Crippen LogP contribution in [0, 0.1) is 29.9 Å². The predicted octanol–water partition coefficient (Wildman–Crippen LogP) is 2.64. The van der Waals surface area contributed by atoms with Crippen LogP contribution in [0.15, 0.2) is 29.5 Å². The number of amides is 1. The fraction of sp³-hybridized carbons (Fsp3) is 0.318. The minimum absolute atomic E-state index is 0.00592. The van der Waals surface area contributed by atoms with E-state index in [-0.39, 0.29) is 46.3 Å². The number of rotatable bonds is 6. The fourth-order valence-corrected chi connectivity index (χ4v) is 5.46. The van der Waals surface area contributed by atoms with Gasteiger partial charge in [0.25, 0.3) is 5.91 Å². The zero-order valence-electron chi connectivity index (χ0n) is 17.7. The maximum Gasteiger partial charge on any atom is 0.275 e. The molecule has 1 aliphatic heterocycles. The molecule has 1 aromatic heterocycles. The van der Waals surface area contributed by atoms with Crippen molar-refractivity contribution in [3.63, 3.8) is 0 Å². The van der Waals surface area contributed by atoms with E-state index in [0.29, 0.717) is 6.42 Å². The number of nitrogens with one attached hydrogen (secondary N) is 1. The first-order valence-corrected chi connectivity index (χ1v) is 10.7. The molecule has 0 saturated heterocycles. The second-order valence-electron chi connectivity index (χ2n) is 7.91. The standard InChI is InChI=1S/C22H19F2N5O3S/c1-4-5-32-17-10-26-15(9-27-17)19(31)28-12-6-13(18(24)14(23)7-12)21(3)16-8-22(16,11(2)30)33-20(25)29-21/h1,6-7,9-10,16H,5,8H2,2-3H3,(H2,25,29)(H,28,31)/t16-,21+,22+/m0/s1. The lowest BCUT2D eigenvalue weighted by atomic mass is 9.85. The molecule has 0 bridgehead atoms. The number of halogens is 2. The number of thioether (sulfide) groups is 1. The number of aliphatic imine (C=N–C) groups is 1. The van der Waals surface area contributed by atoms with E-state index in [1.807, 2.05) is 0 Å². The lowest BCUT2D eigenvalue weighted by molar-refractivity contribution is -0.117. The lowest BCUT2D eigenvalue weighted by Gasteiger charge is -2.33. The smallest absolute Gasteiger partial charge is 0.275 e. The minimum atomic E-state index is -1.28. The van der Waals surface area contributed by atoms with Crippen LogP contribution in [0.3, 0.4) is 0 Å². The van der Waals surface area contributed by atoms with Crippen molar-refractivity contribution >= 4 is 34.3 Å². The van der Waals surface area contributed by atoms with Crippen molar-refractivity contribution in [2.75, 3.05) is 11.9 Å². The number of anilines is 1. The number of carbonyl (C=O) groups excluding carboxylic acids is 2. The molecule has 2 aromatic rings. The number of aromatic nitrogens is 2. The largest absolute Gasteiger partial charge is 0.463 e. The van der Waals surface area contributed by atoms with Gasteiger partial charge in [0.15, 0.2) is 23.4 Å². The summed E-state index contributed by atoms with van der Waals surface area (Å²) in [6.07, 6.45) is 7.92. The zero-order valence-corrected chi connectivity index (χ0v) is 18.5. The van der Waals surface area contributed by atoms with E-state index in [4.69, 9.17) is 16.9 Å². The molecule has 0 unspecified atom stereocenters. The average Bonchev–Trinajstić information content (AvgIpc) is 3.52. The Morgan fingerprint density at radius 3 is 2.76 bits per heavy atom. The fourth-order valence-electron chi connectivity index (χ4n) is 4.08. The Labute approximate surface area is 192 Å². The van der Waals surface area contributed by atoms with Gasteiger partial charge in [0.05, 0.1) is 22.7 Å². The summed E-state index contributed by atoms with van der Waals surface area (Å²) < 4.78 is 33.8. The topological polar surface area (TPSA) is 120 Å². The van der Waals surface area contributed by atoms with Gasteiger partial charge in [-0.25, -0.2) is 18.7 Å². The molecule has 0 radical (unpaired) electrons. The Balaban J connectivity index is 1.63. The molecule has 1 aliphatic carbocycles. The highest BCUT2D eigenvalue weighted by Crippen LogP contribution is 2.66. The molecule has 11 heteroatoms. The number of ether oxygens (including phenoxy) is 1. The molecule has 1 saturated carbocycles. The van der Waals surface area contributed by atoms with Gasteiger partial charge in [-0.3, -0.25) is 14.6 Å². The third-order valence-electron chi connectivity index (χ3n) is 5.81. The Kier molecular flexibility index (Phi) is 5.57. The van der Waals surface area contributed by atoms with Gasteiger partial charge in [-0.2, -0.15) is 0 Å². The summed E-state index contributed by atoms with van der Waals surface area (Å²) in [6, 6.07) is 2.15. The number of nitrogens with zero attached hydrogens (tertiary/aromatic N) is 3. The van der Waals surface area contributed by atoms with Crippen molar-refractivity contribution in [3.8, 4) is 18.2 Å². The molecule has 1 amide bonds. The molecular formula is C22H19F2N5O3S. The third-order valence-corrected chi connectivity index (χ3v) is 7.21.